The number of carbonyl (C=O) groups is 2. The Morgan fingerprint density at radius 3 is 1.85 bits per heavy atom. The molecule has 7 heteroatoms. The Balaban J connectivity index is 0.00000301. The second-order valence-corrected chi connectivity index (χ2v) is 7.12. The van der Waals surface area contributed by atoms with Crippen molar-refractivity contribution < 1.29 is 28.4 Å². The molecule has 0 aliphatic rings. The van der Waals surface area contributed by atoms with Gasteiger partial charge in [-0.05, 0) is 45.2 Å². The summed E-state index contributed by atoms with van der Waals surface area (Å²) < 4.78 is 24.2. The molecule has 0 N–H and O–H groups in total. The standard InChI is InChI=1S/C19H28O5.H2OP/c1-12(2)11-13(18(21)24-19(3,4)5)17(20)16-14(22-6)9-8-10-15(16)23-7;1-2/h8-10,12-13H,11H2,1-7H3;2H2/q;+1. The Hall–Kier alpha value is -1.94. The molecule has 2 unspecified atom stereocenters. The summed E-state index contributed by atoms with van der Waals surface area (Å²) in [5.74, 6) is -0.823. The molecular weight excluding hydrogens is 355 g/mol. The molecule has 6 nitrogen and oxygen atoms in total. The van der Waals surface area contributed by atoms with Crippen molar-refractivity contribution >= 4 is 20.9 Å². The van der Waals surface area contributed by atoms with Crippen molar-refractivity contribution in [1.29, 1.82) is 0 Å². The molecule has 0 aliphatic carbocycles. The summed E-state index contributed by atoms with van der Waals surface area (Å²) >= 11 is 0. The third kappa shape index (κ3) is 7.12. The van der Waals surface area contributed by atoms with Gasteiger partial charge in [-0.15, -0.1) is 0 Å². The van der Waals surface area contributed by atoms with Crippen LogP contribution in [0.4, 0.5) is 0 Å². The number of hydrogen-bond acceptors (Lipinski definition) is 6. The van der Waals surface area contributed by atoms with E-state index in [1.165, 1.54) is 23.3 Å². The van der Waals surface area contributed by atoms with E-state index in [0.717, 1.165) is 0 Å². The molecule has 0 saturated heterocycles. The van der Waals surface area contributed by atoms with E-state index in [0.29, 0.717) is 17.9 Å². The van der Waals surface area contributed by atoms with Gasteiger partial charge in [0, 0.05) is 0 Å². The quantitative estimate of drug-likeness (QED) is 0.304. The lowest BCUT2D eigenvalue weighted by molar-refractivity contribution is -0.158. The minimum Gasteiger partial charge on any atom is -0.496 e. The first-order valence-corrected chi connectivity index (χ1v) is 8.79. The van der Waals surface area contributed by atoms with Gasteiger partial charge in [0.25, 0.3) is 0 Å². The maximum atomic E-state index is 13.1. The molecule has 0 fully saturated rings. The monoisotopic (exact) mass is 385 g/mol. The zero-order valence-electron chi connectivity index (χ0n) is 16.6. The number of ether oxygens (including phenoxy) is 3. The molecule has 1 rings (SSSR count). The lowest BCUT2D eigenvalue weighted by atomic mass is 9.88. The van der Waals surface area contributed by atoms with Gasteiger partial charge >= 0.3 is 15.1 Å². The highest BCUT2D eigenvalue weighted by Gasteiger charge is 2.35. The summed E-state index contributed by atoms with van der Waals surface area (Å²) in [5, 5.41) is 0. The Bertz CT molecular complexity index is 584. The summed E-state index contributed by atoms with van der Waals surface area (Å²) in [5.41, 5.74) is -0.378. The number of methoxy groups -OCH3 is 2. The molecule has 0 aromatic heterocycles. The van der Waals surface area contributed by atoms with Crippen LogP contribution in [0.25, 0.3) is 0 Å². The van der Waals surface area contributed by atoms with E-state index in [4.69, 9.17) is 18.8 Å². The molecule has 0 amide bonds. The highest BCUT2D eigenvalue weighted by molar-refractivity contribution is 7.00. The molecule has 1 aromatic carbocycles. The van der Waals surface area contributed by atoms with E-state index in [1.54, 1.807) is 39.0 Å². The van der Waals surface area contributed by atoms with Gasteiger partial charge in [-0.3, -0.25) is 9.59 Å². The minimum absolute atomic E-state index is 0.159. The van der Waals surface area contributed by atoms with Gasteiger partial charge in [-0.2, -0.15) is 0 Å². The van der Waals surface area contributed by atoms with E-state index in [9.17, 15) is 9.59 Å². The average Bonchev–Trinajstić information content (AvgIpc) is 2.58. The topological polar surface area (TPSA) is 78.9 Å². The maximum absolute atomic E-state index is 13.1. The SMILES string of the molecule is COc1cccc(OC)c1C(=O)C(CC(C)C)C(=O)OC(C)(C)C.O=[PH2+]. The molecule has 2 atom stereocenters. The van der Waals surface area contributed by atoms with Crippen LogP contribution in [0.2, 0.25) is 0 Å². The second kappa shape index (κ2) is 10.9. The minimum atomic E-state index is -0.894. The van der Waals surface area contributed by atoms with Crippen LogP contribution in [0, 0.1) is 11.8 Å². The van der Waals surface area contributed by atoms with Crippen LogP contribution in [0.3, 0.4) is 0 Å². The smallest absolute Gasteiger partial charge is 0.317 e. The van der Waals surface area contributed by atoms with E-state index in [-0.39, 0.29) is 17.3 Å². The van der Waals surface area contributed by atoms with Crippen LogP contribution in [0.15, 0.2) is 18.2 Å². The fourth-order valence-electron chi connectivity index (χ4n) is 2.42. The van der Waals surface area contributed by atoms with Crippen LogP contribution in [-0.2, 0) is 14.1 Å². The predicted molar refractivity (Wildman–Crippen MR) is 103 cm³/mol. The zero-order chi connectivity index (χ0) is 20.5. The number of hydrogen-bond donors (Lipinski definition) is 0. The third-order valence-corrected chi connectivity index (χ3v) is 3.39. The van der Waals surface area contributed by atoms with Gasteiger partial charge in [0.15, 0.2) is 5.78 Å². The number of ketones is 1. The number of benzene rings is 1. The van der Waals surface area contributed by atoms with Crippen LogP contribution >= 0.6 is 9.12 Å². The molecule has 0 spiro atoms. The second-order valence-electron chi connectivity index (χ2n) is 7.12. The van der Waals surface area contributed by atoms with Gasteiger partial charge in [0.2, 0.25) is 0 Å². The molecular formula is C19H30O6P+. The first-order valence-electron chi connectivity index (χ1n) is 8.32. The van der Waals surface area contributed by atoms with E-state index >= 15 is 0 Å². The number of esters is 1. The molecule has 0 aliphatic heterocycles. The molecule has 146 valence electrons. The van der Waals surface area contributed by atoms with Crippen molar-refractivity contribution in [1.82, 2.24) is 0 Å². The Morgan fingerprint density at radius 1 is 1.04 bits per heavy atom. The van der Waals surface area contributed by atoms with Gasteiger partial charge in [0.05, 0.1) is 14.2 Å². The first kappa shape index (κ1) is 24.1. The van der Waals surface area contributed by atoms with Crippen LogP contribution < -0.4 is 9.47 Å². The Kier molecular flexibility index (Phi) is 10.1. The molecule has 0 saturated carbocycles. The van der Waals surface area contributed by atoms with E-state index in [1.807, 2.05) is 13.8 Å². The predicted octanol–water partition coefficient (Wildman–Crippen LogP) is 4.10. The Morgan fingerprint density at radius 2 is 1.50 bits per heavy atom. The van der Waals surface area contributed by atoms with Crippen molar-refractivity contribution in [2.45, 2.75) is 46.6 Å². The fourth-order valence-corrected chi connectivity index (χ4v) is 2.42. The summed E-state index contributed by atoms with van der Waals surface area (Å²) in [4.78, 5) is 25.7. The highest BCUT2D eigenvalue weighted by Crippen LogP contribution is 2.33. The number of Topliss-reactive ketones (excluding diaryl/α,β-unsaturated/α-hetero) is 1. The van der Waals surface area contributed by atoms with Crippen molar-refractivity contribution in [2.24, 2.45) is 11.8 Å². The van der Waals surface area contributed by atoms with Crippen LogP contribution in [0.5, 0.6) is 11.5 Å². The van der Waals surface area contributed by atoms with E-state index in [2.05, 4.69) is 0 Å². The Labute approximate surface area is 157 Å². The zero-order valence-corrected chi connectivity index (χ0v) is 17.8. The van der Waals surface area contributed by atoms with E-state index < -0.39 is 17.5 Å². The van der Waals surface area contributed by atoms with Crippen molar-refractivity contribution in [3.63, 3.8) is 0 Å². The van der Waals surface area contributed by atoms with Crippen LogP contribution in [0.1, 0.15) is 51.4 Å². The molecule has 0 heterocycles. The van der Waals surface area contributed by atoms with Crippen molar-refractivity contribution in [3.8, 4) is 11.5 Å². The summed E-state index contributed by atoms with van der Waals surface area (Å²) in [6.07, 6.45) is 0.398. The van der Waals surface area contributed by atoms with Crippen molar-refractivity contribution in [2.75, 3.05) is 14.2 Å². The highest BCUT2D eigenvalue weighted by atomic mass is 31.0. The summed E-state index contributed by atoms with van der Waals surface area (Å²) in [7, 11) is 4.13. The van der Waals surface area contributed by atoms with Gasteiger partial charge in [-0.25, -0.2) is 0 Å². The van der Waals surface area contributed by atoms with Gasteiger partial charge in [0.1, 0.15) is 28.6 Å². The first-order chi connectivity index (χ1) is 12.1. The van der Waals surface area contributed by atoms with Crippen LogP contribution in [-0.4, -0.2) is 31.6 Å². The lowest BCUT2D eigenvalue weighted by Gasteiger charge is -2.25. The summed E-state index contributed by atoms with van der Waals surface area (Å²) in [6.45, 7) is 9.27. The van der Waals surface area contributed by atoms with Crippen molar-refractivity contribution in [3.05, 3.63) is 23.8 Å². The average molecular weight is 385 g/mol. The maximum Gasteiger partial charge on any atom is 0.317 e. The number of carbonyl (C=O) groups excluding carboxylic acids is 2. The molecule has 1 aromatic rings. The number of rotatable bonds is 7. The van der Waals surface area contributed by atoms with Gasteiger partial charge in [-0.1, -0.05) is 24.5 Å². The normalized spacial score (nSPS) is 11.8. The molecule has 0 bridgehead atoms. The molecule has 0 radical (unpaired) electrons. The lowest BCUT2D eigenvalue weighted by Crippen LogP contribution is -2.34. The third-order valence-electron chi connectivity index (χ3n) is 3.39. The van der Waals surface area contributed by atoms with Gasteiger partial charge < -0.3 is 14.2 Å². The molecule has 26 heavy (non-hydrogen) atoms. The largest absolute Gasteiger partial charge is 0.496 e. The fraction of sp³-hybridized carbons (Fsp3) is 0.579. The summed E-state index contributed by atoms with van der Waals surface area (Å²) in [6, 6.07) is 5.09.